The van der Waals surface area contributed by atoms with Gasteiger partial charge in [-0.2, -0.15) is 0 Å². The molecule has 1 unspecified atom stereocenters. The highest BCUT2D eigenvalue weighted by atomic mass is 35.5. The van der Waals surface area contributed by atoms with Crippen molar-refractivity contribution in [3.8, 4) is 0 Å². The molecule has 1 atom stereocenters. The molecule has 0 aliphatic rings. The molecule has 0 spiro atoms. The molecule has 1 amide bonds. The van der Waals surface area contributed by atoms with Gasteiger partial charge in [-0.1, -0.05) is 25.5 Å². The molecule has 2 rings (SSSR count). The van der Waals surface area contributed by atoms with E-state index in [9.17, 15) is 4.79 Å². The molecule has 0 saturated heterocycles. The number of aryl methyl sites for hydroxylation is 1. The van der Waals surface area contributed by atoms with E-state index in [4.69, 9.17) is 16.0 Å². The highest BCUT2D eigenvalue weighted by Gasteiger charge is 2.14. The number of carbonyl (C=O) groups excluding carboxylic acids is 1. The lowest BCUT2D eigenvalue weighted by Gasteiger charge is -2.12. The van der Waals surface area contributed by atoms with Crippen LogP contribution in [-0.4, -0.2) is 17.8 Å². The molecule has 20 heavy (non-hydrogen) atoms. The summed E-state index contributed by atoms with van der Waals surface area (Å²) in [5, 5.41) is 3.71. The van der Waals surface area contributed by atoms with Gasteiger partial charge in [0.2, 0.25) is 0 Å². The third-order valence-electron chi connectivity index (χ3n) is 3.11. The Morgan fingerprint density at radius 2 is 2.10 bits per heavy atom. The van der Waals surface area contributed by atoms with E-state index in [-0.39, 0.29) is 11.3 Å². The van der Waals surface area contributed by atoms with Crippen molar-refractivity contribution >= 4 is 28.5 Å². The minimum absolute atomic E-state index is 0.0504. The molecule has 3 nitrogen and oxygen atoms in total. The topological polar surface area (TPSA) is 42.2 Å². The van der Waals surface area contributed by atoms with E-state index >= 15 is 0 Å². The molecule has 1 N–H and O–H groups in total. The molecule has 0 aliphatic heterocycles. The number of amides is 1. The lowest BCUT2D eigenvalue weighted by atomic mass is 10.1. The minimum atomic E-state index is -0.215. The van der Waals surface area contributed by atoms with Gasteiger partial charge < -0.3 is 9.73 Å². The van der Waals surface area contributed by atoms with Gasteiger partial charge in [-0.05, 0) is 37.5 Å². The van der Waals surface area contributed by atoms with E-state index < -0.39 is 0 Å². The molecule has 0 aliphatic carbocycles. The van der Waals surface area contributed by atoms with Crippen LogP contribution in [0.5, 0.6) is 0 Å². The molecule has 0 saturated carbocycles. The van der Waals surface area contributed by atoms with Gasteiger partial charge in [0.05, 0.1) is 5.38 Å². The van der Waals surface area contributed by atoms with Gasteiger partial charge in [0.25, 0.3) is 5.91 Å². The standard InChI is InChI=1S/C16H20ClNO2/c1-10(2)6-13(17)9-18-16(19)15-8-12-7-11(3)4-5-14(12)20-15/h4-5,7-8,10,13H,6,9H2,1-3H3,(H,18,19). The molecule has 4 heteroatoms. The minimum Gasteiger partial charge on any atom is -0.451 e. The van der Waals surface area contributed by atoms with Gasteiger partial charge in [0, 0.05) is 11.9 Å². The van der Waals surface area contributed by atoms with Crippen molar-refractivity contribution in [3.63, 3.8) is 0 Å². The molecular formula is C16H20ClNO2. The molecule has 0 bridgehead atoms. The van der Waals surface area contributed by atoms with Crippen LogP contribution < -0.4 is 5.32 Å². The Morgan fingerprint density at radius 3 is 2.80 bits per heavy atom. The molecule has 1 aromatic carbocycles. The number of hydrogen-bond acceptors (Lipinski definition) is 2. The number of benzene rings is 1. The summed E-state index contributed by atoms with van der Waals surface area (Å²) < 4.78 is 5.54. The fourth-order valence-corrected chi connectivity index (χ4v) is 2.59. The fourth-order valence-electron chi connectivity index (χ4n) is 2.16. The first-order valence-electron chi connectivity index (χ1n) is 6.88. The zero-order valence-corrected chi connectivity index (χ0v) is 12.8. The van der Waals surface area contributed by atoms with E-state index in [1.807, 2.05) is 25.1 Å². The van der Waals surface area contributed by atoms with Gasteiger partial charge in [-0.3, -0.25) is 4.79 Å². The van der Waals surface area contributed by atoms with Crippen LogP contribution in [0.3, 0.4) is 0 Å². The Kier molecular flexibility index (Phi) is 4.71. The van der Waals surface area contributed by atoms with Crippen molar-refractivity contribution in [2.45, 2.75) is 32.6 Å². The average molecular weight is 294 g/mol. The third-order valence-corrected chi connectivity index (χ3v) is 3.44. The quantitative estimate of drug-likeness (QED) is 0.843. The van der Waals surface area contributed by atoms with Crippen LogP contribution in [0.4, 0.5) is 0 Å². The van der Waals surface area contributed by atoms with Gasteiger partial charge in [0.1, 0.15) is 5.58 Å². The number of rotatable bonds is 5. The maximum absolute atomic E-state index is 12.0. The van der Waals surface area contributed by atoms with Crippen LogP contribution in [-0.2, 0) is 0 Å². The SMILES string of the molecule is Cc1ccc2oc(C(=O)NCC(Cl)CC(C)C)cc2c1. The maximum Gasteiger partial charge on any atom is 0.287 e. The average Bonchev–Trinajstić information content (AvgIpc) is 2.78. The van der Waals surface area contributed by atoms with E-state index in [0.29, 0.717) is 18.2 Å². The summed E-state index contributed by atoms with van der Waals surface area (Å²) in [4.78, 5) is 12.0. The zero-order valence-electron chi connectivity index (χ0n) is 12.1. The molecule has 1 aromatic heterocycles. The van der Waals surface area contributed by atoms with Crippen molar-refractivity contribution in [1.82, 2.24) is 5.32 Å². The largest absolute Gasteiger partial charge is 0.451 e. The lowest BCUT2D eigenvalue weighted by Crippen LogP contribution is -2.30. The van der Waals surface area contributed by atoms with Gasteiger partial charge in [-0.15, -0.1) is 11.6 Å². The number of hydrogen-bond donors (Lipinski definition) is 1. The van der Waals surface area contributed by atoms with Gasteiger partial charge >= 0.3 is 0 Å². The summed E-state index contributed by atoms with van der Waals surface area (Å²) in [5.74, 6) is 0.635. The van der Waals surface area contributed by atoms with Crippen molar-refractivity contribution in [3.05, 3.63) is 35.6 Å². The smallest absolute Gasteiger partial charge is 0.287 e. The van der Waals surface area contributed by atoms with Crippen LogP contribution in [0.1, 0.15) is 36.4 Å². The van der Waals surface area contributed by atoms with E-state index in [1.165, 1.54) is 0 Å². The summed E-state index contributed by atoms with van der Waals surface area (Å²) in [6, 6.07) is 7.61. The normalized spacial score (nSPS) is 12.8. The fraction of sp³-hybridized carbons (Fsp3) is 0.438. The molecule has 0 radical (unpaired) electrons. The van der Waals surface area contributed by atoms with E-state index in [0.717, 1.165) is 23.0 Å². The van der Waals surface area contributed by atoms with Crippen molar-refractivity contribution in [2.75, 3.05) is 6.54 Å². The van der Waals surface area contributed by atoms with Crippen LogP contribution in [0.2, 0.25) is 0 Å². The number of fused-ring (bicyclic) bond motifs is 1. The third kappa shape index (κ3) is 3.76. The predicted molar refractivity (Wildman–Crippen MR) is 82.4 cm³/mol. The van der Waals surface area contributed by atoms with Crippen LogP contribution >= 0.6 is 11.6 Å². The van der Waals surface area contributed by atoms with E-state index in [1.54, 1.807) is 6.07 Å². The highest BCUT2D eigenvalue weighted by Crippen LogP contribution is 2.20. The molecular weight excluding hydrogens is 274 g/mol. The first kappa shape index (κ1) is 14.9. The first-order valence-corrected chi connectivity index (χ1v) is 7.32. The van der Waals surface area contributed by atoms with Gasteiger partial charge in [-0.25, -0.2) is 0 Å². The monoisotopic (exact) mass is 293 g/mol. The predicted octanol–water partition coefficient (Wildman–Crippen LogP) is 4.12. The van der Waals surface area contributed by atoms with Crippen LogP contribution in [0, 0.1) is 12.8 Å². The summed E-state index contributed by atoms with van der Waals surface area (Å²) >= 11 is 6.16. The van der Waals surface area contributed by atoms with Crippen molar-refractivity contribution in [1.29, 1.82) is 0 Å². The second-order valence-electron chi connectivity index (χ2n) is 5.59. The Bertz CT molecular complexity index is 604. The Hall–Kier alpha value is -1.48. The lowest BCUT2D eigenvalue weighted by molar-refractivity contribution is 0.0927. The van der Waals surface area contributed by atoms with Crippen molar-refractivity contribution < 1.29 is 9.21 Å². The summed E-state index contributed by atoms with van der Waals surface area (Å²) in [6.07, 6.45) is 0.876. The molecule has 1 heterocycles. The summed E-state index contributed by atoms with van der Waals surface area (Å²) in [6.45, 7) is 6.68. The number of carbonyl (C=O) groups is 1. The second-order valence-corrected chi connectivity index (χ2v) is 6.21. The number of alkyl halides is 1. The Morgan fingerprint density at radius 1 is 1.35 bits per heavy atom. The van der Waals surface area contributed by atoms with Crippen LogP contribution in [0.25, 0.3) is 11.0 Å². The zero-order chi connectivity index (χ0) is 14.7. The first-order chi connectivity index (χ1) is 9.45. The Balaban J connectivity index is 2.00. The second kappa shape index (κ2) is 6.31. The maximum atomic E-state index is 12.0. The number of halogens is 1. The molecule has 0 fully saturated rings. The number of furan rings is 1. The van der Waals surface area contributed by atoms with Crippen LogP contribution in [0.15, 0.2) is 28.7 Å². The number of nitrogens with one attached hydrogen (secondary N) is 1. The molecule has 2 aromatic rings. The van der Waals surface area contributed by atoms with E-state index in [2.05, 4.69) is 19.2 Å². The van der Waals surface area contributed by atoms with Crippen molar-refractivity contribution in [2.24, 2.45) is 5.92 Å². The molecule has 108 valence electrons. The summed E-state index contributed by atoms with van der Waals surface area (Å²) in [7, 11) is 0. The highest BCUT2D eigenvalue weighted by molar-refractivity contribution is 6.21. The Labute approximate surface area is 124 Å². The van der Waals surface area contributed by atoms with Gasteiger partial charge in [0.15, 0.2) is 5.76 Å². The summed E-state index contributed by atoms with van der Waals surface area (Å²) in [5.41, 5.74) is 1.87.